The van der Waals surface area contributed by atoms with Crippen molar-refractivity contribution in [2.24, 2.45) is 5.73 Å². The molecule has 142 valence electrons. The molecular formula is C21H26N4O2. The maximum Gasteiger partial charge on any atom is 0.253 e. The van der Waals surface area contributed by atoms with E-state index in [4.69, 9.17) is 5.73 Å². The van der Waals surface area contributed by atoms with Crippen LogP contribution in [0.3, 0.4) is 0 Å². The maximum atomic E-state index is 13.0. The van der Waals surface area contributed by atoms with Crippen LogP contribution in [-0.4, -0.2) is 49.4 Å². The van der Waals surface area contributed by atoms with Gasteiger partial charge in [-0.15, -0.1) is 0 Å². The number of likely N-dealkylation sites (N-methyl/N-ethyl adjacent to an activating group) is 1. The number of anilines is 2. The molecule has 6 nitrogen and oxygen atoms in total. The molecule has 1 atom stereocenters. The van der Waals surface area contributed by atoms with Crippen LogP contribution in [-0.2, 0) is 11.2 Å². The van der Waals surface area contributed by atoms with Gasteiger partial charge in [0, 0.05) is 32.2 Å². The van der Waals surface area contributed by atoms with Gasteiger partial charge in [0.2, 0.25) is 5.91 Å². The predicted molar refractivity (Wildman–Crippen MR) is 108 cm³/mol. The van der Waals surface area contributed by atoms with Gasteiger partial charge in [0.05, 0.1) is 11.4 Å². The van der Waals surface area contributed by atoms with Gasteiger partial charge < -0.3 is 20.9 Å². The van der Waals surface area contributed by atoms with Gasteiger partial charge in [-0.1, -0.05) is 30.3 Å². The van der Waals surface area contributed by atoms with Crippen molar-refractivity contribution in [3.8, 4) is 0 Å². The van der Waals surface area contributed by atoms with E-state index >= 15 is 0 Å². The highest BCUT2D eigenvalue weighted by molar-refractivity contribution is 6.05. The minimum atomic E-state index is -0.237. The average molecular weight is 366 g/mol. The molecule has 0 saturated heterocycles. The Morgan fingerprint density at radius 1 is 1.19 bits per heavy atom. The van der Waals surface area contributed by atoms with E-state index in [1.165, 1.54) is 5.56 Å². The van der Waals surface area contributed by atoms with Crippen LogP contribution in [0.1, 0.15) is 22.8 Å². The summed E-state index contributed by atoms with van der Waals surface area (Å²) in [7, 11) is 1.88. The Balaban J connectivity index is 1.78. The molecule has 3 rings (SSSR count). The van der Waals surface area contributed by atoms with Gasteiger partial charge >= 0.3 is 0 Å². The third-order valence-electron chi connectivity index (χ3n) is 5.04. The lowest BCUT2D eigenvalue weighted by Gasteiger charge is -2.33. The molecule has 3 N–H and O–H groups in total. The standard InChI is InChI=1S/C21H26N4O2/c1-15-20(26)23-18-14-17(8-9-19(18)24(15)2)21(27)25(13-11-22)12-10-16-6-4-3-5-7-16/h3-9,14-15H,10-13,22H2,1-2H3,(H,23,26). The highest BCUT2D eigenvalue weighted by Crippen LogP contribution is 2.32. The van der Waals surface area contributed by atoms with E-state index in [1.54, 1.807) is 11.0 Å². The molecule has 0 spiro atoms. The Labute approximate surface area is 159 Å². The minimum absolute atomic E-state index is 0.0718. The van der Waals surface area contributed by atoms with Gasteiger partial charge in [0.15, 0.2) is 0 Å². The molecule has 0 radical (unpaired) electrons. The first-order valence-corrected chi connectivity index (χ1v) is 9.22. The molecule has 2 aromatic rings. The van der Waals surface area contributed by atoms with Crippen molar-refractivity contribution in [3.63, 3.8) is 0 Å². The summed E-state index contributed by atoms with van der Waals surface area (Å²) in [5, 5.41) is 2.89. The van der Waals surface area contributed by atoms with Crippen molar-refractivity contribution in [1.82, 2.24) is 4.90 Å². The first kappa shape index (κ1) is 18.9. The summed E-state index contributed by atoms with van der Waals surface area (Å²) in [6, 6.07) is 15.3. The van der Waals surface area contributed by atoms with E-state index < -0.39 is 0 Å². The fourth-order valence-corrected chi connectivity index (χ4v) is 3.26. The number of amides is 2. The largest absolute Gasteiger partial charge is 0.361 e. The zero-order chi connectivity index (χ0) is 19.4. The lowest BCUT2D eigenvalue weighted by atomic mass is 10.1. The number of nitrogens with one attached hydrogen (secondary N) is 1. The summed E-state index contributed by atoms with van der Waals surface area (Å²) in [4.78, 5) is 28.8. The molecule has 6 heteroatoms. The molecule has 0 aromatic heterocycles. The Hall–Kier alpha value is -2.86. The quantitative estimate of drug-likeness (QED) is 0.821. The average Bonchev–Trinajstić information content (AvgIpc) is 2.69. The van der Waals surface area contributed by atoms with E-state index in [2.05, 4.69) is 17.4 Å². The topological polar surface area (TPSA) is 78.7 Å². The van der Waals surface area contributed by atoms with Crippen LogP contribution in [0.2, 0.25) is 0 Å². The van der Waals surface area contributed by atoms with E-state index in [1.807, 2.05) is 49.2 Å². The molecule has 0 saturated carbocycles. The van der Waals surface area contributed by atoms with Crippen LogP contribution in [0.4, 0.5) is 11.4 Å². The summed E-state index contributed by atoms with van der Waals surface area (Å²) in [6.07, 6.45) is 0.772. The second kappa shape index (κ2) is 8.22. The predicted octanol–water partition coefficient (Wildman–Crippen LogP) is 2.11. The third-order valence-corrected chi connectivity index (χ3v) is 5.04. The summed E-state index contributed by atoms with van der Waals surface area (Å²) >= 11 is 0. The first-order valence-electron chi connectivity index (χ1n) is 9.22. The van der Waals surface area contributed by atoms with E-state index in [0.29, 0.717) is 30.9 Å². The zero-order valence-corrected chi connectivity index (χ0v) is 15.8. The normalized spacial score (nSPS) is 15.9. The monoisotopic (exact) mass is 366 g/mol. The van der Waals surface area contributed by atoms with Crippen LogP contribution in [0.5, 0.6) is 0 Å². The number of hydrogen-bond donors (Lipinski definition) is 2. The molecule has 1 unspecified atom stereocenters. The van der Waals surface area contributed by atoms with Crippen molar-refractivity contribution < 1.29 is 9.59 Å². The van der Waals surface area contributed by atoms with Crippen molar-refractivity contribution >= 4 is 23.2 Å². The van der Waals surface area contributed by atoms with Gasteiger partial charge in [0.1, 0.15) is 6.04 Å². The Kier molecular flexibility index (Phi) is 5.76. The molecule has 0 aliphatic carbocycles. The van der Waals surface area contributed by atoms with E-state index in [9.17, 15) is 9.59 Å². The number of benzene rings is 2. The van der Waals surface area contributed by atoms with Gasteiger partial charge in [-0.05, 0) is 37.1 Å². The van der Waals surface area contributed by atoms with Gasteiger partial charge in [-0.2, -0.15) is 0 Å². The number of rotatable bonds is 6. The Morgan fingerprint density at radius 3 is 2.63 bits per heavy atom. The zero-order valence-electron chi connectivity index (χ0n) is 15.8. The van der Waals surface area contributed by atoms with Gasteiger partial charge in [-0.3, -0.25) is 9.59 Å². The number of nitrogens with zero attached hydrogens (tertiary/aromatic N) is 2. The van der Waals surface area contributed by atoms with Crippen LogP contribution >= 0.6 is 0 Å². The Bertz CT molecular complexity index is 822. The second-order valence-corrected chi connectivity index (χ2v) is 6.82. The molecule has 0 bridgehead atoms. The fourth-order valence-electron chi connectivity index (χ4n) is 3.26. The number of nitrogens with two attached hydrogens (primary N) is 1. The fraction of sp³-hybridized carbons (Fsp3) is 0.333. The van der Waals surface area contributed by atoms with E-state index in [-0.39, 0.29) is 17.9 Å². The molecule has 2 amide bonds. The molecule has 1 heterocycles. The summed E-state index contributed by atoms with van der Waals surface area (Å²) in [5.41, 5.74) is 9.03. The molecule has 27 heavy (non-hydrogen) atoms. The van der Waals surface area contributed by atoms with Crippen molar-refractivity contribution in [1.29, 1.82) is 0 Å². The second-order valence-electron chi connectivity index (χ2n) is 6.82. The van der Waals surface area contributed by atoms with Crippen molar-refractivity contribution in [3.05, 3.63) is 59.7 Å². The number of hydrogen-bond acceptors (Lipinski definition) is 4. The van der Waals surface area contributed by atoms with Crippen LogP contribution in [0, 0.1) is 0 Å². The number of carbonyl (C=O) groups is 2. The molecule has 2 aromatic carbocycles. The highest BCUT2D eigenvalue weighted by Gasteiger charge is 2.27. The van der Waals surface area contributed by atoms with Gasteiger partial charge in [0.25, 0.3) is 5.91 Å². The maximum absolute atomic E-state index is 13.0. The molecule has 1 aliphatic heterocycles. The lowest BCUT2D eigenvalue weighted by Crippen LogP contribution is -2.44. The third kappa shape index (κ3) is 4.11. The van der Waals surface area contributed by atoms with E-state index in [0.717, 1.165) is 12.1 Å². The smallest absolute Gasteiger partial charge is 0.253 e. The van der Waals surface area contributed by atoms with Crippen molar-refractivity contribution in [2.75, 3.05) is 36.9 Å². The van der Waals surface area contributed by atoms with Gasteiger partial charge in [-0.25, -0.2) is 0 Å². The molecule has 1 aliphatic rings. The SMILES string of the molecule is CC1C(=O)Nc2cc(C(=O)N(CCN)CCc3ccccc3)ccc2N1C. The summed E-state index contributed by atoms with van der Waals surface area (Å²) < 4.78 is 0. The lowest BCUT2D eigenvalue weighted by molar-refractivity contribution is -0.117. The van der Waals surface area contributed by atoms with Crippen LogP contribution in [0.25, 0.3) is 0 Å². The minimum Gasteiger partial charge on any atom is -0.361 e. The van der Waals surface area contributed by atoms with Crippen LogP contribution in [0.15, 0.2) is 48.5 Å². The summed E-state index contributed by atoms with van der Waals surface area (Å²) in [5.74, 6) is -0.146. The van der Waals surface area contributed by atoms with Crippen LogP contribution < -0.4 is 16.0 Å². The number of carbonyl (C=O) groups excluding carboxylic acids is 2. The Morgan fingerprint density at radius 2 is 1.93 bits per heavy atom. The molecule has 0 fully saturated rings. The number of fused-ring (bicyclic) bond motifs is 1. The first-order chi connectivity index (χ1) is 13.0. The molecular weight excluding hydrogens is 340 g/mol. The van der Waals surface area contributed by atoms with Crippen molar-refractivity contribution in [2.45, 2.75) is 19.4 Å². The highest BCUT2D eigenvalue weighted by atomic mass is 16.2. The summed E-state index contributed by atoms with van der Waals surface area (Å²) in [6.45, 7) is 3.35.